The molecule has 4 rings (SSSR count). The van der Waals surface area contributed by atoms with Gasteiger partial charge in [0, 0.05) is 12.1 Å². The fourth-order valence-corrected chi connectivity index (χ4v) is 4.67. The zero-order valence-electron chi connectivity index (χ0n) is 10.1. The van der Waals surface area contributed by atoms with Crippen LogP contribution >= 0.6 is 0 Å². The smallest absolute Gasteiger partial charge is 0.306 e. The largest absolute Gasteiger partial charge is 0.481 e. The van der Waals surface area contributed by atoms with Crippen LogP contribution in [0.1, 0.15) is 39.0 Å². The van der Waals surface area contributed by atoms with Gasteiger partial charge in [0.1, 0.15) is 0 Å². The standard InChI is InChI=1S/C13H21NO2/c1-8(12(15)16)13-5-9-3-10(6-13)14(2)11(4-9)7-13/h8-11H,3-7H2,1-2H3,(H,15,16). The van der Waals surface area contributed by atoms with Crippen molar-refractivity contribution >= 4 is 5.97 Å². The van der Waals surface area contributed by atoms with Crippen LogP contribution in [0.25, 0.3) is 0 Å². The summed E-state index contributed by atoms with van der Waals surface area (Å²) >= 11 is 0. The van der Waals surface area contributed by atoms with Gasteiger partial charge >= 0.3 is 5.97 Å². The second-order valence-corrected chi connectivity index (χ2v) is 6.35. The van der Waals surface area contributed by atoms with Crippen LogP contribution in [0.15, 0.2) is 0 Å². The van der Waals surface area contributed by atoms with Crippen molar-refractivity contribution in [3.05, 3.63) is 0 Å². The Morgan fingerprint density at radius 3 is 2.38 bits per heavy atom. The molecule has 2 heterocycles. The predicted molar refractivity (Wildman–Crippen MR) is 61.1 cm³/mol. The number of carbonyl (C=O) groups is 1. The Bertz CT molecular complexity index is 312. The Kier molecular flexibility index (Phi) is 2.13. The number of hydrogen-bond donors (Lipinski definition) is 1. The molecule has 4 bridgehead atoms. The molecule has 16 heavy (non-hydrogen) atoms. The van der Waals surface area contributed by atoms with E-state index in [1.54, 1.807) is 0 Å². The number of aliphatic carboxylic acids is 1. The third-order valence-electron chi connectivity index (χ3n) is 5.63. The third kappa shape index (κ3) is 1.27. The summed E-state index contributed by atoms with van der Waals surface area (Å²) in [5.74, 6) is 0.0504. The normalized spacial score (nSPS) is 48.2. The maximum atomic E-state index is 11.3. The fourth-order valence-electron chi connectivity index (χ4n) is 4.67. The number of hydrogen-bond acceptors (Lipinski definition) is 2. The van der Waals surface area contributed by atoms with Crippen LogP contribution in [-0.4, -0.2) is 35.1 Å². The van der Waals surface area contributed by atoms with E-state index in [4.69, 9.17) is 0 Å². The Morgan fingerprint density at radius 1 is 1.31 bits per heavy atom. The van der Waals surface area contributed by atoms with Crippen molar-refractivity contribution in [3.63, 3.8) is 0 Å². The second-order valence-electron chi connectivity index (χ2n) is 6.35. The molecule has 90 valence electrons. The first-order chi connectivity index (χ1) is 7.52. The van der Waals surface area contributed by atoms with Gasteiger partial charge in [-0.3, -0.25) is 4.79 Å². The molecule has 0 aromatic rings. The highest BCUT2D eigenvalue weighted by atomic mass is 16.4. The summed E-state index contributed by atoms with van der Waals surface area (Å²) in [5.41, 5.74) is 0.120. The molecule has 3 unspecified atom stereocenters. The summed E-state index contributed by atoms with van der Waals surface area (Å²) in [6.07, 6.45) is 6.01. The van der Waals surface area contributed by atoms with E-state index in [9.17, 15) is 9.90 Å². The molecule has 0 radical (unpaired) electrons. The molecule has 0 aromatic heterocycles. The van der Waals surface area contributed by atoms with Crippen molar-refractivity contribution in [2.75, 3.05) is 7.05 Å². The molecule has 3 nitrogen and oxygen atoms in total. The van der Waals surface area contributed by atoms with Crippen molar-refractivity contribution in [1.29, 1.82) is 0 Å². The van der Waals surface area contributed by atoms with Gasteiger partial charge in [0.25, 0.3) is 0 Å². The van der Waals surface area contributed by atoms with Crippen molar-refractivity contribution in [1.82, 2.24) is 4.90 Å². The van der Waals surface area contributed by atoms with Gasteiger partial charge in [-0.05, 0) is 50.5 Å². The highest BCUT2D eigenvalue weighted by molar-refractivity contribution is 5.70. The SMILES string of the molecule is CC(C(=O)O)C12CC3CC(C1)N(C)C(C3)C2. The second kappa shape index (κ2) is 3.22. The summed E-state index contributed by atoms with van der Waals surface area (Å²) < 4.78 is 0. The molecule has 0 aromatic carbocycles. The molecule has 0 spiro atoms. The highest BCUT2D eigenvalue weighted by Crippen LogP contribution is 2.58. The quantitative estimate of drug-likeness (QED) is 0.778. The molecule has 4 fully saturated rings. The van der Waals surface area contributed by atoms with Gasteiger partial charge in [0.15, 0.2) is 0 Å². The summed E-state index contributed by atoms with van der Waals surface area (Å²) in [7, 11) is 2.23. The zero-order chi connectivity index (χ0) is 11.5. The van der Waals surface area contributed by atoms with Gasteiger partial charge < -0.3 is 10.0 Å². The zero-order valence-corrected chi connectivity index (χ0v) is 10.1. The topological polar surface area (TPSA) is 40.5 Å². The minimum Gasteiger partial charge on any atom is -0.481 e. The van der Waals surface area contributed by atoms with Gasteiger partial charge in [0.05, 0.1) is 5.92 Å². The van der Waals surface area contributed by atoms with Gasteiger partial charge in [0.2, 0.25) is 0 Å². The van der Waals surface area contributed by atoms with Crippen LogP contribution in [0.4, 0.5) is 0 Å². The molecule has 2 aliphatic carbocycles. The van der Waals surface area contributed by atoms with E-state index in [2.05, 4.69) is 11.9 Å². The van der Waals surface area contributed by atoms with Gasteiger partial charge in [-0.1, -0.05) is 6.92 Å². The van der Waals surface area contributed by atoms with Gasteiger partial charge in [-0.15, -0.1) is 0 Å². The third-order valence-corrected chi connectivity index (χ3v) is 5.63. The number of piperidine rings is 2. The summed E-state index contributed by atoms with van der Waals surface area (Å²) in [6, 6.07) is 1.32. The lowest BCUT2D eigenvalue weighted by Crippen LogP contribution is -2.62. The van der Waals surface area contributed by atoms with Gasteiger partial charge in [-0.2, -0.15) is 0 Å². The maximum absolute atomic E-state index is 11.3. The maximum Gasteiger partial charge on any atom is 0.306 e. The van der Waals surface area contributed by atoms with E-state index < -0.39 is 5.97 Å². The highest BCUT2D eigenvalue weighted by Gasteiger charge is 2.56. The summed E-state index contributed by atoms with van der Waals surface area (Å²) in [4.78, 5) is 13.8. The van der Waals surface area contributed by atoms with E-state index in [0.717, 1.165) is 18.8 Å². The predicted octanol–water partition coefficient (Wildman–Crippen LogP) is 1.97. The number of carboxylic acids is 1. The molecule has 2 saturated carbocycles. The van der Waals surface area contributed by atoms with Crippen LogP contribution in [0.3, 0.4) is 0 Å². The van der Waals surface area contributed by atoms with Crippen LogP contribution in [0.2, 0.25) is 0 Å². The van der Waals surface area contributed by atoms with E-state index in [0.29, 0.717) is 12.1 Å². The van der Waals surface area contributed by atoms with E-state index in [1.807, 2.05) is 6.92 Å². The lowest BCUT2D eigenvalue weighted by Gasteiger charge is -2.62. The molecular formula is C13H21NO2. The Morgan fingerprint density at radius 2 is 1.88 bits per heavy atom. The molecule has 2 aliphatic heterocycles. The number of rotatable bonds is 2. The van der Waals surface area contributed by atoms with Crippen molar-refractivity contribution in [2.45, 2.75) is 51.1 Å². The Labute approximate surface area is 96.8 Å². The lowest BCUT2D eigenvalue weighted by molar-refractivity contribution is -0.161. The molecule has 3 atom stereocenters. The number of carboxylic acid groups (broad SMARTS) is 1. The molecule has 0 amide bonds. The Hall–Kier alpha value is -0.570. The van der Waals surface area contributed by atoms with E-state index >= 15 is 0 Å². The van der Waals surface area contributed by atoms with Crippen molar-refractivity contribution in [2.24, 2.45) is 17.3 Å². The lowest BCUT2D eigenvalue weighted by atomic mass is 9.51. The van der Waals surface area contributed by atoms with Crippen molar-refractivity contribution in [3.8, 4) is 0 Å². The molecule has 4 aliphatic rings. The average Bonchev–Trinajstić information content (AvgIpc) is 2.23. The fraction of sp³-hybridized carbons (Fsp3) is 0.923. The van der Waals surface area contributed by atoms with Crippen LogP contribution in [0.5, 0.6) is 0 Å². The van der Waals surface area contributed by atoms with Crippen LogP contribution in [-0.2, 0) is 4.79 Å². The number of nitrogens with zero attached hydrogens (tertiary/aromatic N) is 1. The first-order valence-corrected chi connectivity index (χ1v) is 6.46. The first kappa shape index (κ1) is 10.6. The summed E-state index contributed by atoms with van der Waals surface area (Å²) in [6.45, 7) is 1.93. The molecule has 2 saturated heterocycles. The van der Waals surface area contributed by atoms with E-state index in [-0.39, 0.29) is 11.3 Å². The van der Waals surface area contributed by atoms with Crippen molar-refractivity contribution < 1.29 is 9.90 Å². The van der Waals surface area contributed by atoms with Crippen LogP contribution in [0, 0.1) is 17.3 Å². The van der Waals surface area contributed by atoms with Gasteiger partial charge in [-0.25, -0.2) is 0 Å². The summed E-state index contributed by atoms with van der Waals surface area (Å²) in [5, 5.41) is 9.29. The average molecular weight is 223 g/mol. The molecular weight excluding hydrogens is 202 g/mol. The van der Waals surface area contributed by atoms with Crippen LogP contribution < -0.4 is 0 Å². The van der Waals surface area contributed by atoms with E-state index in [1.165, 1.54) is 19.3 Å². The minimum absolute atomic E-state index is 0.120. The Balaban J connectivity index is 1.91. The molecule has 1 N–H and O–H groups in total. The minimum atomic E-state index is -0.593. The first-order valence-electron chi connectivity index (χ1n) is 6.46. The molecule has 3 heteroatoms. The monoisotopic (exact) mass is 223 g/mol.